The first-order chi connectivity index (χ1) is 6.93. The van der Waals surface area contributed by atoms with E-state index < -0.39 is 11.4 Å². The van der Waals surface area contributed by atoms with Crippen molar-refractivity contribution in [3.63, 3.8) is 0 Å². The van der Waals surface area contributed by atoms with Crippen LogP contribution in [0, 0.1) is 5.41 Å². The fraction of sp³-hybridized carbons (Fsp3) is 0.909. The summed E-state index contributed by atoms with van der Waals surface area (Å²) in [4.78, 5) is 13.2. The second kappa shape index (κ2) is 4.94. The molecule has 0 radical (unpaired) electrons. The van der Waals surface area contributed by atoms with Crippen molar-refractivity contribution in [1.29, 1.82) is 0 Å². The quantitative estimate of drug-likeness (QED) is 0.768. The summed E-state index contributed by atoms with van der Waals surface area (Å²) < 4.78 is 5.42. The van der Waals surface area contributed by atoms with E-state index in [4.69, 9.17) is 9.84 Å². The number of hydrogen-bond donors (Lipinski definition) is 1. The molecule has 0 spiro atoms. The Bertz CT molecular complexity index is 228. The Hall–Kier alpha value is -0.610. The second-order valence-electron chi connectivity index (χ2n) is 4.94. The Labute approximate surface area is 91.2 Å². The molecule has 1 aliphatic heterocycles. The zero-order chi connectivity index (χ0) is 11.5. The molecule has 1 atom stereocenters. The Balaban J connectivity index is 2.58. The van der Waals surface area contributed by atoms with Gasteiger partial charge >= 0.3 is 5.97 Å². The molecule has 0 amide bonds. The highest BCUT2D eigenvalue weighted by Gasteiger charge is 2.31. The summed E-state index contributed by atoms with van der Waals surface area (Å²) >= 11 is 0. The van der Waals surface area contributed by atoms with Crippen LogP contribution in [0.2, 0.25) is 0 Å². The van der Waals surface area contributed by atoms with E-state index in [1.54, 1.807) is 13.8 Å². The van der Waals surface area contributed by atoms with Gasteiger partial charge in [0.2, 0.25) is 0 Å². The third-order valence-electron chi connectivity index (χ3n) is 2.89. The van der Waals surface area contributed by atoms with Crippen LogP contribution in [-0.4, -0.2) is 48.3 Å². The van der Waals surface area contributed by atoms with Crippen molar-refractivity contribution in [2.24, 2.45) is 5.41 Å². The molecule has 1 heterocycles. The zero-order valence-corrected chi connectivity index (χ0v) is 9.82. The Morgan fingerprint density at radius 2 is 2.27 bits per heavy atom. The number of nitrogens with zero attached hydrogens (tertiary/aromatic N) is 1. The molecule has 1 rings (SSSR count). The Morgan fingerprint density at radius 1 is 1.60 bits per heavy atom. The van der Waals surface area contributed by atoms with Crippen LogP contribution in [0.4, 0.5) is 0 Å². The monoisotopic (exact) mass is 215 g/mol. The van der Waals surface area contributed by atoms with Gasteiger partial charge < -0.3 is 9.84 Å². The van der Waals surface area contributed by atoms with Gasteiger partial charge in [0.1, 0.15) is 0 Å². The van der Waals surface area contributed by atoms with Gasteiger partial charge in [-0.1, -0.05) is 0 Å². The number of rotatable bonds is 3. The van der Waals surface area contributed by atoms with E-state index in [-0.39, 0.29) is 0 Å². The predicted octanol–water partition coefficient (Wildman–Crippen LogP) is 1.21. The van der Waals surface area contributed by atoms with Crippen LogP contribution >= 0.6 is 0 Å². The molecule has 88 valence electrons. The van der Waals surface area contributed by atoms with Crippen LogP contribution in [0.5, 0.6) is 0 Å². The summed E-state index contributed by atoms with van der Waals surface area (Å²) in [6, 6.07) is 0.311. The summed E-state index contributed by atoms with van der Waals surface area (Å²) in [6.07, 6.45) is 0.986. The summed E-state index contributed by atoms with van der Waals surface area (Å²) in [5.41, 5.74) is -0.682. The average molecular weight is 215 g/mol. The lowest BCUT2D eigenvalue weighted by Crippen LogP contribution is -2.44. The number of carbonyl (C=O) groups is 1. The number of carboxylic acid groups (broad SMARTS) is 1. The largest absolute Gasteiger partial charge is 0.481 e. The normalized spacial score (nSPS) is 24.9. The lowest BCUT2D eigenvalue weighted by molar-refractivity contribution is -0.148. The van der Waals surface area contributed by atoms with Crippen molar-refractivity contribution < 1.29 is 14.6 Å². The summed E-state index contributed by atoms with van der Waals surface area (Å²) in [5.74, 6) is -0.736. The molecule has 15 heavy (non-hydrogen) atoms. The minimum atomic E-state index is -0.736. The highest BCUT2D eigenvalue weighted by molar-refractivity contribution is 5.73. The molecular weight excluding hydrogens is 194 g/mol. The van der Waals surface area contributed by atoms with Crippen LogP contribution < -0.4 is 0 Å². The molecule has 4 heteroatoms. The molecule has 4 nitrogen and oxygen atoms in total. The van der Waals surface area contributed by atoms with Gasteiger partial charge in [0.05, 0.1) is 12.0 Å². The highest BCUT2D eigenvalue weighted by Crippen LogP contribution is 2.20. The first-order valence-electron chi connectivity index (χ1n) is 5.48. The molecule has 0 aliphatic carbocycles. The maximum absolute atomic E-state index is 11.0. The van der Waals surface area contributed by atoms with Crippen molar-refractivity contribution in [3.8, 4) is 0 Å². The van der Waals surface area contributed by atoms with E-state index in [2.05, 4.69) is 11.8 Å². The van der Waals surface area contributed by atoms with Crippen LogP contribution in [0.25, 0.3) is 0 Å². The van der Waals surface area contributed by atoms with Gasteiger partial charge in [0.15, 0.2) is 0 Å². The van der Waals surface area contributed by atoms with Crippen molar-refractivity contribution in [3.05, 3.63) is 0 Å². The number of aliphatic carboxylic acids is 1. The van der Waals surface area contributed by atoms with Crippen LogP contribution in [-0.2, 0) is 9.53 Å². The first kappa shape index (κ1) is 12.5. The van der Waals surface area contributed by atoms with E-state index in [1.807, 2.05) is 0 Å². The van der Waals surface area contributed by atoms with E-state index in [1.165, 1.54) is 0 Å². The van der Waals surface area contributed by atoms with E-state index >= 15 is 0 Å². The second-order valence-corrected chi connectivity index (χ2v) is 4.94. The maximum Gasteiger partial charge on any atom is 0.310 e. The third-order valence-corrected chi connectivity index (χ3v) is 2.89. The highest BCUT2D eigenvalue weighted by atomic mass is 16.5. The smallest absolute Gasteiger partial charge is 0.310 e. The molecule has 0 aromatic heterocycles. The fourth-order valence-electron chi connectivity index (χ4n) is 1.76. The van der Waals surface area contributed by atoms with Crippen molar-refractivity contribution in [1.82, 2.24) is 4.90 Å². The number of hydrogen-bond acceptors (Lipinski definition) is 3. The van der Waals surface area contributed by atoms with Gasteiger partial charge in [-0.15, -0.1) is 0 Å². The summed E-state index contributed by atoms with van der Waals surface area (Å²) in [5, 5.41) is 9.07. The van der Waals surface area contributed by atoms with Crippen molar-refractivity contribution in [2.45, 2.75) is 33.2 Å². The molecule has 1 aliphatic rings. The molecule has 1 unspecified atom stereocenters. The molecule has 0 saturated carbocycles. The van der Waals surface area contributed by atoms with Crippen molar-refractivity contribution in [2.75, 3.05) is 26.3 Å². The van der Waals surface area contributed by atoms with Gasteiger partial charge in [0, 0.05) is 25.7 Å². The molecular formula is C11H21NO3. The third kappa shape index (κ3) is 3.47. The SMILES string of the molecule is CC1COCCCN1CC(C)(C)C(=O)O. The molecule has 0 bridgehead atoms. The van der Waals surface area contributed by atoms with Gasteiger partial charge in [-0.25, -0.2) is 0 Å². The Morgan fingerprint density at radius 3 is 2.87 bits per heavy atom. The number of ether oxygens (including phenoxy) is 1. The maximum atomic E-state index is 11.0. The van der Waals surface area contributed by atoms with Crippen LogP contribution in [0.3, 0.4) is 0 Å². The fourth-order valence-corrected chi connectivity index (χ4v) is 1.76. The van der Waals surface area contributed by atoms with Crippen molar-refractivity contribution >= 4 is 5.97 Å². The topological polar surface area (TPSA) is 49.8 Å². The van der Waals surface area contributed by atoms with Crippen LogP contribution in [0.15, 0.2) is 0 Å². The molecule has 1 N–H and O–H groups in total. The van der Waals surface area contributed by atoms with Gasteiger partial charge in [0.25, 0.3) is 0 Å². The molecule has 0 aromatic carbocycles. The zero-order valence-electron chi connectivity index (χ0n) is 9.82. The molecule has 1 fully saturated rings. The molecule has 0 aromatic rings. The van der Waals surface area contributed by atoms with E-state index in [0.29, 0.717) is 19.2 Å². The van der Waals surface area contributed by atoms with Gasteiger partial charge in [-0.05, 0) is 27.2 Å². The minimum Gasteiger partial charge on any atom is -0.481 e. The standard InChI is InChI=1S/C11H21NO3/c1-9-7-15-6-4-5-12(9)8-11(2,3)10(13)14/h9H,4-8H2,1-3H3,(H,13,14). The first-order valence-corrected chi connectivity index (χ1v) is 5.48. The van der Waals surface area contributed by atoms with Gasteiger partial charge in [-0.3, -0.25) is 9.69 Å². The van der Waals surface area contributed by atoms with Crippen LogP contribution in [0.1, 0.15) is 27.2 Å². The average Bonchev–Trinajstić information content (AvgIpc) is 2.31. The number of carboxylic acids is 1. The van der Waals surface area contributed by atoms with E-state index in [9.17, 15) is 4.79 Å². The van der Waals surface area contributed by atoms with Gasteiger partial charge in [-0.2, -0.15) is 0 Å². The lowest BCUT2D eigenvalue weighted by atomic mass is 9.92. The Kier molecular flexibility index (Phi) is 4.11. The predicted molar refractivity (Wildman–Crippen MR) is 57.9 cm³/mol. The van der Waals surface area contributed by atoms with E-state index in [0.717, 1.165) is 19.6 Å². The lowest BCUT2D eigenvalue weighted by Gasteiger charge is -2.32. The molecule has 1 saturated heterocycles. The summed E-state index contributed by atoms with van der Waals surface area (Å²) in [7, 11) is 0. The minimum absolute atomic E-state index is 0.311. The summed E-state index contributed by atoms with van der Waals surface area (Å²) in [6.45, 7) is 8.64.